The van der Waals surface area contributed by atoms with E-state index in [9.17, 15) is 9.90 Å². The molecule has 0 aliphatic rings. The molecule has 0 aliphatic heterocycles. The number of hydrogen-bond acceptors (Lipinski definition) is 3. The smallest absolute Gasteiger partial charge is 0.185 e. The standard InChI is InChI=1S/C17H16O3/c1-2-20-17-9-4-3-6-13(17)10-11-16(19)14-7-5-8-15(18)12-14/h3-12,18H,2H2,1H3/b11-10+. The van der Waals surface area contributed by atoms with Gasteiger partial charge in [0.2, 0.25) is 0 Å². The van der Waals surface area contributed by atoms with Gasteiger partial charge in [0.25, 0.3) is 0 Å². The van der Waals surface area contributed by atoms with Crippen molar-refractivity contribution in [1.82, 2.24) is 0 Å². The molecule has 2 aromatic rings. The van der Waals surface area contributed by atoms with Gasteiger partial charge < -0.3 is 9.84 Å². The third kappa shape index (κ3) is 3.48. The van der Waals surface area contributed by atoms with Crippen LogP contribution in [0, 0.1) is 0 Å². The fraction of sp³-hybridized carbons (Fsp3) is 0.118. The van der Waals surface area contributed by atoms with Gasteiger partial charge in [-0.15, -0.1) is 0 Å². The average molecular weight is 268 g/mol. The number of ether oxygens (including phenoxy) is 1. The van der Waals surface area contributed by atoms with Gasteiger partial charge >= 0.3 is 0 Å². The second kappa shape index (κ2) is 6.57. The molecule has 0 saturated heterocycles. The number of carbonyl (C=O) groups is 1. The van der Waals surface area contributed by atoms with E-state index in [2.05, 4.69) is 0 Å². The summed E-state index contributed by atoms with van der Waals surface area (Å²) in [4.78, 5) is 12.0. The monoisotopic (exact) mass is 268 g/mol. The molecular weight excluding hydrogens is 252 g/mol. The Morgan fingerprint density at radius 1 is 1.20 bits per heavy atom. The first-order valence-corrected chi connectivity index (χ1v) is 6.44. The van der Waals surface area contributed by atoms with E-state index in [4.69, 9.17) is 4.74 Å². The quantitative estimate of drug-likeness (QED) is 0.664. The summed E-state index contributed by atoms with van der Waals surface area (Å²) >= 11 is 0. The van der Waals surface area contributed by atoms with Crippen LogP contribution in [0.25, 0.3) is 6.08 Å². The lowest BCUT2D eigenvalue weighted by Crippen LogP contribution is -1.95. The van der Waals surface area contributed by atoms with E-state index in [-0.39, 0.29) is 11.5 Å². The lowest BCUT2D eigenvalue weighted by atomic mass is 10.1. The van der Waals surface area contributed by atoms with E-state index < -0.39 is 0 Å². The van der Waals surface area contributed by atoms with Gasteiger partial charge in [-0.2, -0.15) is 0 Å². The molecule has 0 unspecified atom stereocenters. The van der Waals surface area contributed by atoms with Crippen LogP contribution in [0.15, 0.2) is 54.6 Å². The molecule has 1 N–H and O–H groups in total. The normalized spacial score (nSPS) is 10.7. The maximum Gasteiger partial charge on any atom is 0.185 e. The Labute approximate surface area is 118 Å². The van der Waals surface area contributed by atoms with Gasteiger partial charge in [-0.25, -0.2) is 0 Å². The molecule has 0 spiro atoms. The van der Waals surface area contributed by atoms with Crippen LogP contribution >= 0.6 is 0 Å². The van der Waals surface area contributed by atoms with E-state index in [0.29, 0.717) is 12.2 Å². The highest BCUT2D eigenvalue weighted by molar-refractivity contribution is 6.07. The molecule has 2 rings (SSSR count). The van der Waals surface area contributed by atoms with Gasteiger partial charge in [-0.05, 0) is 37.3 Å². The minimum absolute atomic E-state index is 0.0824. The highest BCUT2D eigenvalue weighted by atomic mass is 16.5. The summed E-state index contributed by atoms with van der Waals surface area (Å²) in [5.74, 6) is 0.668. The van der Waals surface area contributed by atoms with Crippen LogP contribution in [0.4, 0.5) is 0 Å². The molecule has 102 valence electrons. The molecule has 2 aromatic carbocycles. The molecule has 0 fully saturated rings. The molecule has 0 aromatic heterocycles. The summed E-state index contributed by atoms with van der Waals surface area (Å²) in [6, 6.07) is 13.8. The van der Waals surface area contributed by atoms with Crippen molar-refractivity contribution >= 4 is 11.9 Å². The molecule has 20 heavy (non-hydrogen) atoms. The van der Waals surface area contributed by atoms with Crippen molar-refractivity contribution in [3.8, 4) is 11.5 Å². The zero-order valence-corrected chi connectivity index (χ0v) is 11.2. The largest absolute Gasteiger partial charge is 0.508 e. The number of para-hydroxylation sites is 1. The third-order valence-corrected chi connectivity index (χ3v) is 2.76. The number of benzene rings is 2. The van der Waals surface area contributed by atoms with Crippen molar-refractivity contribution in [2.45, 2.75) is 6.92 Å². The Morgan fingerprint density at radius 3 is 2.75 bits per heavy atom. The first-order valence-electron chi connectivity index (χ1n) is 6.44. The van der Waals surface area contributed by atoms with Gasteiger partial charge in [-0.1, -0.05) is 30.3 Å². The SMILES string of the molecule is CCOc1ccccc1/C=C/C(=O)c1cccc(O)c1. The van der Waals surface area contributed by atoms with Crippen LogP contribution in [0.2, 0.25) is 0 Å². The molecule has 3 heteroatoms. The maximum absolute atomic E-state index is 12.0. The summed E-state index contributed by atoms with van der Waals surface area (Å²) in [5, 5.41) is 9.36. The number of ketones is 1. The highest BCUT2D eigenvalue weighted by Crippen LogP contribution is 2.20. The van der Waals surface area contributed by atoms with Crippen molar-refractivity contribution in [3.05, 3.63) is 65.7 Å². The van der Waals surface area contributed by atoms with E-state index in [1.165, 1.54) is 18.2 Å². The molecule has 0 heterocycles. The number of phenols is 1. The summed E-state index contributed by atoms with van der Waals surface area (Å²) < 4.78 is 5.49. The molecule has 0 radical (unpaired) electrons. The van der Waals surface area contributed by atoms with Crippen molar-refractivity contribution in [2.24, 2.45) is 0 Å². The third-order valence-electron chi connectivity index (χ3n) is 2.76. The zero-order chi connectivity index (χ0) is 14.4. The lowest BCUT2D eigenvalue weighted by molar-refractivity contribution is 0.104. The number of aromatic hydroxyl groups is 1. The van der Waals surface area contributed by atoms with Crippen LogP contribution in [0.3, 0.4) is 0 Å². The fourth-order valence-electron chi connectivity index (χ4n) is 1.83. The van der Waals surface area contributed by atoms with E-state index in [0.717, 1.165) is 11.3 Å². The summed E-state index contributed by atoms with van der Waals surface area (Å²) in [6.07, 6.45) is 3.20. The lowest BCUT2D eigenvalue weighted by Gasteiger charge is -2.06. The first-order chi connectivity index (χ1) is 9.70. The summed E-state index contributed by atoms with van der Waals surface area (Å²) in [7, 11) is 0. The average Bonchev–Trinajstić information content (AvgIpc) is 2.46. The summed E-state index contributed by atoms with van der Waals surface area (Å²) in [5.41, 5.74) is 1.30. The Hall–Kier alpha value is -2.55. The predicted molar refractivity (Wildman–Crippen MR) is 79.1 cm³/mol. The van der Waals surface area contributed by atoms with E-state index in [1.54, 1.807) is 18.2 Å². The molecule has 0 bridgehead atoms. The topological polar surface area (TPSA) is 46.5 Å². The Balaban J connectivity index is 2.19. The Morgan fingerprint density at radius 2 is 2.00 bits per heavy atom. The van der Waals surface area contributed by atoms with Crippen LogP contribution in [0.5, 0.6) is 11.5 Å². The number of allylic oxidation sites excluding steroid dienone is 1. The number of rotatable bonds is 5. The zero-order valence-electron chi connectivity index (χ0n) is 11.2. The number of hydrogen-bond donors (Lipinski definition) is 1. The van der Waals surface area contributed by atoms with Gasteiger partial charge in [0.05, 0.1) is 6.61 Å². The van der Waals surface area contributed by atoms with Gasteiger partial charge in [0, 0.05) is 11.1 Å². The van der Waals surface area contributed by atoms with Crippen molar-refractivity contribution < 1.29 is 14.6 Å². The minimum atomic E-state index is -0.160. The van der Waals surface area contributed by atoms with Gasteiger partial charge in [-0.3, -0.25) is 4.79 Å². The predicted octanol–water partition coefficient (Wildman–Crippen LogP) is 3.69. The molecule has 0 aliphatic carbocycles. The number of carbonyl (C=O) groups excluding carboxylic acids is 1. The first kappa shape index (κ1) is 13.9. The second-order valence-corrected chi connectivity index (χ2v) is 4.22. The van der Waals surface area contributed by atoms with Crippen LogP contribution in [-0.4, -0.2) is 17.5 Å². The highest BCUT2D eigenvalue weighted by Gasteiger charge is 2.03. The van der Waals surface area contributed by atoms with Gasteiger partial charge in [0.1, 0.15) is 11.5 Å². The molecule has 0 saturated carbocycles. The maximum atomic E-state index is 12.0. The molecular formula is C17H16O3. The van der Waals surface area contributed by atoms with Crippen LogP contribution in [0.1, 0.15) is 22.8 Å². The second-order valence-electron chi connectivity index (χ2n) is 4.22. The molecule has 3 nitrogen and oxygen atoms in total. The molecule has 0 amide bonds. The summed E-state index contributed by atoms with van der Waals surface area (Å²) in [6.45, 7) is 2.49. The van der Waals surface area contributed by atoms with Crippen LogP contribution < -0.4 is 4.74 Å². The minimum Gasteiger partial charge on any atom is -0.508 e. The van der Waals surface area contributed by atoms with Crippen LogP contribution in [-0.2, 0) is 0 Å². The fourth-order valence-corrected chi connectivity index (χ4v) is 1.83. The van der Waals surface area contributed by atoms with Gasteiger partial charge in [0.15, 0.2) is 5.78 Å². The van der Waals surface area contributed by atoms with E-state index >= 15 is 0 Å². The van der Waals surface area contributed by atoms with Crippen molar-refractivity contribution in [1.29, 1.82) is 0 Å². The Kier molecular flexibility index (Phi) is 4.56. The van der Waals surface area contributed by atoms with Crippen molar-refractivity contribution in [2.75, 3.05) is 6.61 Å². The Bertz CT molecular complexity index is 630. The molecule has 0 atom stereocenters. The van der Waals surface area contributed by atoms with Crippen molar-refractivity contribution in [3.63, 3.8) is 0 Å². The van der Waals surface area contributed by atoms with E-state index in [1.807, 2.05) is 31.2 Å². The number of phenolic OH excluding ortho intramolecular Hbond substituents is 1.